The molecule has 13 heavy (non-hydrogen) atoms. The van der Waals surface area contributed by atoms with E-state index in [0.29, 0.717) is 0 Å². The second-order valence-corrected chi connectivity index (χ2v) is 2.01. The van der Waals surface area contributed by atoms with E-state index in [1.54, 1.807) is 0 Å². The summed E-state index contributed by atoms with van der Waals surface area (Å²) in [6.07, 6.45) is 1.20. The topological polar surface area (TPSA) is 69.7 Å². The van der Waals surface area contributed by atoms with Crippen molar-refractivity contribution in [3.8, 4) is 0 Å². The van der Waals surface area contributed by atoms with Crippen LogP contribution in [0, 0.1) is 0 Å². The Balaban J connectivity index is 4.72. The van der Waals surface area contributed by atoms with E-state index in [4.69, 9.17) is 0 Å². The third-order valence-corrected chi connectivity index (χ3v) is 1.31. The standard InChI is InChI=1S/C8H10O5/c1-4-5(7(10)12-2)6(9)8(11)13-3/h4H,1-3H3. The summed E-state index contributed by atoms with van der Waals surface area (Å²) in [5, 5.41) is 0. The average Bonchev–Trinajstić information content (AvgIpc) is 2.17. The van der Waals surface area contributed by atoms with E-state index >= 15 is 0 Å². The second-order valence-electron chi connectivity index (χ2n) is 2.01. The van der Waals surface area contributed by atoms with Crippen molar-refractivity contribution in [3.63, 3.8) is 0 Å². The number of Topliss-reactive ketones (excluding diaryl/α,β-unsaturated/α-hetero) is 1. The predicted molar refractivity (Wildman–Crippen MR) is 42.8 cm³/mol. The Bertz CT molecular complexity index is 264. The predicted octanol–water partition coefficient (Wildman–Crippen LogP) is -0.152. The Morgan fingerprint density at radius 1 is 1.00 bits per heavy atom. The van der Waals surface area contributed by atoms with Gasteiger partial charge in [0.2, 0.25) is 0 Å². The van der Waals surface area contributed by atoms with Crippen molar-refractivity contribution in [1.82, 2.24) is 0 Å². The van der Waals surface area contributed by atoms with Crippen LogP contribution >= 0.6 is 0 Å². The van der Waals surface area contributed by atoms with Crippen LogP contribution in [0.25, 0.3) is 0 Å². The molecule has 0 unspecified atom stereocenters. The molecule has 0 fully saturated rings. The van der Waals surface area contributed by atoms with E-state index in [0.717, 1.165) is 14.2 Å². The lowest BCUT2D eigenvalue weighted by Crippen LogP contribution is -2.23. The van der Waals surface area contributed by atoms with Crippen molar-refractivity contribution in [2.75, 3.05) is 14.2 Å². The van der Waals surface area contributed by atoms with Crippen molar-refractivity contribution in [2.24, 2.45) is 0 Å². The zero-order valence-corrected chi connectivity index (χ0v) is 7.62. The lowest BCUT2D eigenvalue weighted by atomic mass is 10.1. The Labute approximate surface area is 75.3 Å². The van der Waals surface area contributed by atoms with Crippen LogP contribution in [0.5, 0.6) is 0 Å². The summed E-state index contributed by atoms with van der Waals surface area (Å²) in [6, 6.07) is 0. The number of methoxy groups -OCH3 is 2. The lowest BCUT2D eigenvalue weighted by molar-refractivity contribution is -0.151. The van der Waals surface area contributed by atoms with Crippen LogP contribution in [0.3, 0.4) is 0 Å². The molecule has 72 valence electrons. The van der Waals surface area contributed by atoms with Gasteiger partial charge in [-0.15, -0.1) is 0 Å². The number of esters is 2. The molecule has 0 aliphatic carbocycles. The van der Waals surface area contributed by atoms with Gasteiger partial charge >= 0.3 is 11.9 Å². The highest BCUT2D eigenvalue weighted by Gasteiger charge is 2.25. The molecule has 0 aliphatic heterocycles. The first kappa shape index (κ1) is 11.4. The molecular formula is C8H10O5. The average molecular weight is 186 g/mol. The molecular weight excluding hydrogens is 176 g/mol. The minimum atomic E-state index is -1.08. The molecule has 0 rings (SSSR count). The molecule has 0 radical (unpaired) electrons. The van der Waals surface area contributed by atoms with Crippen molar-refractivity contribution >= 4 is 17.7 Å². The number of rotatable bonds is 3. The number of carbonyl (C=O) groups is 3. The summed E-state index contributed by atoms with van der Waals surface area (Å²) in [5.41, 5.74) is -0.325. The minimum Gasteiger partial charge on any atom is -0.465 e. The highest BCUT2D eigenvalue weighted by molar-refractivity contribution is 6.46. The van der Waals surface area contributed by atoms with Crippen LogP contribution in [0.1, 0.15) is 6.92 Å². The fourth-order valence-corrected chi connectivity index (χ4v) is 0.654. The van der Waals surface area contributed by atoms with Gasteiger partial charge in [-0.2, -0.15) is 0 Å². The van der Waals surface area contributed by atoms with Gasteiger partial charge in [0.15, 0.2) is 0 Å². The monoisotopic (exact) mass is 186 g/mol. The SMILES string of the molecule is CC=C(C(=O)OC)C(=O)C(=O)OC. The molecule has 5 heteroatoms. The van der Waals surface area contributed by atoms with Gasteiger partial charge in [-0.25, -0.2) is 9.59 Å². The number of hydrogen-bond donors (Lipinski definition) is 0. The van der Waals surface area contributed by atoms with Crippen molar-refractivity contribution in [1.29, 1.82) is 0 Å². The molecule has 0 aliphatic rings. The van der Waals surface area contributed by atoms with Crippen LogP contribution < -0.4 is 0 Å². The van der Waals surface area contributed by atoms with Gasteiger partial charge in [0.05, 0.1) is 14.2 Å². The maximum Gasteiger partial charge on any atom is 0.379 e. The molecule has 0 saturated carbocycles. The second kappa shape index (κ2) is 5.08. The van der Waals surface area contributed by atoms with Crippen molar-refractivity contribution in [3.05, 3.63) is 11.6 Å². The summed E-state index contributed by atoms with van der Waals surface area (Å²) in [5.74, 6) is -2.94. The maximum atomic E-state index is 11.1. The summed E-state index contributed by atoms with van der Waals surface area (Å²) >= 11 is 0. The van der Waals surface area contributed by atoms with Gasteiger partial charge in [0.1, 0.15) is 5.57 Å². The first-order valence-corrected chi connectivity index (χ1v) is 3.45. The largest absolute Gasteiger partial charge is 0.465 e. The minimum absolute atomic E-state index is 0.325. The number of ketones is 1. The Hall–Kier alpha value is -1.65. The molecule has 0 N–H and O–H groups in total. The molecule has 0 amide bonds. The zero-order valence-electron chi connectivity index (χ0n) is 7.62. The van der Waals surface area contributed by atoms with E-state index in [-0.39, 0.29) is 5.57 Å². The number of allylic oxidation sites excluding steroid dienone is 1. The Morgan fingerprint density at radius 2 is 1.46 bits per heavy atom. The van der Waals surface area contributed by atoms with Gasteiger partial charge in [-0.05, 0) is 6.92 Å². The molecule has 0 bridgehead atoms. The first-order chi connectivity index (χ1) is 6.08. The van der Waals surface area contributed by atoms with Gasteiger partial charge < -0.3 is 9.47 Å². The number of hydrogen-bond acceptors (Lipinski definition) is 5. The molecule has 0 saturated heterocycles. The molecule has 0 atom stereocenters. The van der Waals surface area contributed by atoms with E-state index in [1.165, 1.54) is 13.0 Å². The highest BCUT2D eigenvalue weighted by atomic mass is 16.5. The summed E-state index contributed by atoms with van der Waals surface area (Å²) in [6.45, 7) is 1.45. The van der Waals surface area contributed by atoms with Crippen LogP contribution in [-0.2, 0) is 23.9 Å². The van der Waals surface area contributed by atoms with Crippen LogP contribution in [0.4, 0.5) is 0 Å². The van der Waals surface area contributed by atoms with E-state index in [1.807, 2.05) is 0 Å². The number of carbonyl (C=O) groups excluding carboxylic acids is 3. The molecule has 0 aromatic heterocycles. The van der Waals surface area contributed by atoms with Crippen molar-refractivity contribution < 1.29 is 23.9 Å². The molecule has 0 heterocycles. The van der Waals surface area contributed by atoms with E-state index in [2.05, 4.69) is 9.47 Å². The van der Waals surface area contributed by atoms with Gasteiger partial charge in [0, 0.05) is 0 Å². The first-order valence-electron chi connectivity index (χ1n) is 3.45. The van der Waals surface area contributed by atoms with Gasteiger partial charge in [-0.1, -0.05) is 6.08 Å². The zero-order chi connectivity index (χ0) is 10.4. The molecule has 0 spiro atoms. The highest BCUT2D eigenvalue weighted by Crippen LogP contribution is 2.00. The third-order valence-electron chi connectivity index (χ3n) is 1.31. The molecule has 0 aromatic rings. The normalized spacial score (nSPS) is 10.5. The Kier molecular flexibility index (Phi) is 4.43. The smallest absolute Gasteiger partial charge is 0.379 e. The molecule has 0 aromatic carbocycles. The van der Waals surface area contributed by atoms with E-state index in [9.17, 15) is 14.4 Å². The van der Waals surface area contributed by atoms with Gasteiger partial charge in [-0.3, -0.25) is 4.79 Å². The fraction of sp³-hybridized carbons (Fsp3) is 0.375. The third kappa shape index (κ3) is 2.70. The summed E-state index contributed by atoms with van der Waals surface area (Å²) in [4.78, 5) is 32.7. The fourth-order valence-electron chi connectivity index (χ4n) is 0.654. The van der Waals surface area contributed by atoms with Crippen molar-refractivity contribution in [2.45, 2.75) is 6.92 Å². The van der Waals surface area contributed by atoms with Gasteiger partial charge in [0.25, 0.3) is 5.78 Å². The van der Waals surface area contributed by atoms with Crippen LogP contribution in [-0.4, -0.2) is 31.9 Å². The lowest BCUT2D eigenvalue weighted by Gasteiger charge is -2.01. The Morgan fingerprint density at radius 3 is 1.77 bits per heavy atom. The summed E-state index contributed by atoms with van der Waals surface area (Å²) in [7, 11) is 2.18. The molecule has 5 nitrogen and oxygen atoms in total. The maximum absolute atomic E-state index is 11.1. The van der Waals surface area contributed by atoms with Crippen LogP contribution in [0.15, 0.2) is 11.6 Å². The quantitative estimate of drug-likeness (QED) is 0.201. The van der Waals surface area contributed by atoms with Crippen LogP contribution in [0.2, 0.25) is 0 Å². The van der Waals surface area contributed by atoms with E-state index < -0.39 is 17.7 Å². The summed E-state index contributed by atoms with van der Waals surface area (Å²) < 4.78 is 8.44. The number of ether oxygens (including phenoxy) is 2.